The van der Waals surface area contributed by atoms with Crippen molar-refractivity contribution in [1.82, 2.24) is 9.55 Å². The standard InChI is InChI=1S/C16H11BrCl2N2/c1-10-9-20-16(14-7-4-12(18)8-15(14)19)21(10)13-5-2-11(17)3-6-13/h2-9H,1H3. The highest BCUT2D eigenvalue weighted by Crippen LogP contribution is 2.32. The molecule has 2 aromatic carbocycles. The summed E-state index contributed by atoms with van der Waals surface area (Å²) in [7, 11) is 0. The number of hydrogen-bond donors (Lipinski definition) is 0. The molecular formula is C16H11BrCl2N2. The second-order valence-corrected chi connectivity index (χ2v) is 6.42. The summed E-state index contributed by atoms with van der Waals surface area (Å²) in [4.78, 5) is 4.50. The van der Waals surface area contributed by atoms with Crippen molar-refractivity contribution in [2.75, 3.05) is 0 Å². The molecule has 0 unspecified atom stereocenters. The third-order valence-electron chi connectivity index (χ3n) is 3.20. The van der Waals surface area contributed by atoms with Crippen molar-refractivity contribution in [3.05, 3.63) is 68.9 Å². The zero-order valence-electron chi connectivity index (χ0n) is 11.1. The molecule has 0 radical (unpaired) electrons. The topological polar surface area (TPSA) is 17.8 Å². The van der Waals surface area contributed by atoms with Crippen LogP contribution in [-0.4, -0.2) is 9.55 Å². The van der Waals surface area contributed by atoms with E-state index < -0.39 is 0 Å². The Morgan fingerprint density at radius 3 is 2.43 bits per heavy atom. The molecule has 1 heterocycles. The van der Waals surface area contributed by atoms with Crippen molar-refractivity contribution in [3.63, 3.8) is 0 Å². The Morgan fingerprint density at radius 2 is 1.76 bits per heavy atom. The fraction of sp³-hybridized carbons (Fsp3) is 0.0625. The number of halogens is 3. The summed E-state index contributed by atoms with van der Waals surface area (Å²) in [5, 5.41) is 1.20. The molecule has 0 amide bonds. The third-order valence-corrected chi connectivity index (χ3v) is 4.27. The van der Waals surface area contributed by atoms with E-state index in [4.69, 9.17) is 23.2 Å². The Kier molecular flexibility index (Phi) is 4.07. The predicted molar refractivity (Wildman–Crippen MR) is 91.5 cm³/mol. The first-order chi connectivity index (χ1) is 10.1. The minimum atomic E-state index is 0.589. The first-order valence-electron chi connectivity index (χ1n) is 6.32. The van der Waals surface area contributed by atoms with Crippen molar-refractivity contribution >= 4 is 39.1 Å². The maximum Gasteiger partial charge on any atom is 0.146 e. The number of nitrogens with zero attached hydrogens (tertiary/aromatic N) is 2. The number of rotatable bonds is 2. The van der Waals surface area contributed by atoms with Gasteiger partial charge >= 0.3 is 0 Å². The Morgan fingerprint density at radius 1 is 1.05 bits per heavy atom. The molecule has 0 aliphatic rings. The smallest absolute Gasteiger partial charge is 0.146 e. The minimum Gasteiger partial charge on any atom is -0.297 e. The largest absolute Gasteiger partial charge is 0.297 e. The van der Waals surface area contributed by atoms with Crippen LogP contribution in [0.1, 0.15) is 5.69 Å². The first-order valence-corrected chi connectivity index (χ1v) is 7.87. The molecule has 2 nitrogen and oxygen atoms in total. The van der Waals surface area contributed by atoms with Gasteiger partial charge in [0.1, 0.15) is 5.82 Å². The Labute approximate surface area is 141 Å². The molecule has 1 aromatic heterocycles. The van der Waals surface area contributed by atoms with Gasteiger partial charge in [0.25, 0.3) is 0 Å². The zero-order valence-corrected chi connectivity index (χ0v) is 14.2. The van der Waals surface area contributed by atoms with Crippen molar-refractivity contribution < 1.29 is 0 Å². The van der Waals surface area contributed by atoms with Crippen molar-refractivity contribution in [1.29, 1.82) is 0 Å². The molecule has 3 aromatic rings. The highest BCUT2D eigenvalue weighted by molar-refractivity contribution is 9.10. The number of imidazole rings is 1. The predicted octanol–water partition coefficient (Wildman–Crippen LogP) is 5.92. The summed E-state index contributed by atoms with van der Waals surface area (Å²) in [5.41, 5.74) is 2.93. The molecule has 0 aliphatic heterocycles. The van der Waals surface area contributed by atoms with Gasteiger partial charge in [0, 0.05) is 32.6 Å². The van der Waals surface area contributed by atoms with Crippen LogP contribution >= 0.6 is 39.1 Å². The molecule has 0 saturated carbocycles. The molecule has 106 valence electrons. The number of aromatic nitrogens is 2. The fourth-order valence-electron chi connectivity index (χ4n) is 2.21. The van der Waals surface area contributed by atoms with Gasteiger partial charge in [-0.05, 0) is 49.4 Å². The molecular weight excluding hydrogens is 371 g/mol. The van der Waals surface area contributed by atoms with Gasteiger partial charge in [0.05, 0.1) is 5.02 Å². The molecule has 0 bridgehead atoms. The van der Waals surface area contributed by atoms with Crippen LogP contribution in [-0.2, 0) is 0 Å². The zero-order chi connectivity index (χ0) is 15.0. The maximum absolute atomic E-state index is 6.31. The van der Waals surface area contributed by atoms with Crippen LogP contribution in [0.2, 0.25) is 10.0 Å². The van der Waals surface area contributed by atoms with E-state index in [1.807, 2.05) is 49.5 Å². The average Bonchev–Trinajstić information content (AvgIpc) is 2.82. The van der Waals surface area contributed by atoms with E-state index in [2.05, 4.69) is 25.5 Å². The van der Waals surface area contributed by atoms with Crippen LogP contribution in [0, 0.1) is 6.92 Å². The van der Waals surface area contributed by atoms with Crippen molar-refractivity contribution in [2.24, 2.45) is 0 Å². The van der Waals surface area contributed by atoms with Gasteiger partial charge in [-0.1, -0.05) is 39.1 Å². The van der Waals surface area contributed by atoms with Gasteiger partial charge in [-0.3, -0.25) is 4.57 Å². The molecule has 0 N–H and O–H groups in total. The highest BCUT2D eigenvalue weighted by atomic mass is 79.9. The first kappa shape index (κ1) is 14.6. The molecule has 3 rings (SSSR count). The molecule has 21 heavy (non-hydrogen) atoms. The maximum atomic E-state index is 6.31. The Bertz CT molecular complexity index is 795. The Balaban J connectivity index is 2.19. The lowest BCUT2D eigenvalue weighted by atomic mass is 10.2. The molecule has 0 spiro atoms. The number of benzene rings is 2. The van der Waals surface area contributed by atoms with Gasteiger partial charge in [0.2, 0.25) is 0 Å². The summed E-state index contributed by atoms with van der Waals surface area (Å²) in [6.45, 7) is 2.02. The molecule has 5 heteroatoms. The van der Waals surface area contributed by atoms with E-state index >= 15 is 0 Å². The third kappa shape index (κ3) is 2.86. The monoisotopic (exact) mass is 380 g/mol. The summed E-state index contributed by atoms with van der Waals surface area (Å²) in [6.07, 6.45) is 1.84. The summed E-state index contributed by atoms with van der Waals surface area (Å²) in [6, 6.07) is 13.5. The van der Waals surface area contributed by atoms with Crippen LogP contribution in [0.3, 0.4) is 0 Å². The van der Waals surface area contributed by atoms with Crippen molar-refractivity contribution in [2.45, 2.75) is 6.92 Å². The van der Waals surface area contributed by atoms with Gasteiger partial charge in [-0.2, -0.15) is 0 Å². The summed E-state index contributed by atoms with van der Waals surface area (Å²) >= 11 is 15.7. The molecule has 0 saturated heterocycles. The van der Waals surface area contributed by atoms with E-state index in [0.717, 1.165) is 27.2 Å². The molecule has 0 fully saturated rings. The summed E-state index contributed by atoms with van der Waals surface area (Å²) < 4.78 is 3.11. The van der Waals surface area contributed by atoms with Crippen LogP contribution in [0.15, 0.2) is 53.1 Å². The minimum absolute atomic E-state index is 0.589. The van der Waals surface area contributed by atoms with E-state index in [0.29, 0.717) is 10.0 Å². The van der Waals surface area contributed by atoms with Gasteiger partial charge in [0.15, 0.2) is 0 Å². The summed E-state index contributed by atoms with van der Waals surface area (Å²) in [5.74, 6) is 0.802. The number of hydrogen-bond acceptors (Lipinski definition) is 1. The normalized spacial score (nSPS) is 10.9. The highest BCUT2D eigenvalue weighted by Gasteiger charge is 2.14. The lowest BCUT2D eigenvalue weighted by Crippen LogP contribution is -1.99. The second-order valence-electron chi connectivity index (χ2n) is 4.66. The van der Waals surface area contributed by atoms with Crippen molar-refractivity contribution in [3.8, 4) is 17.1 Å². The van der Waals surface area contributed by atoms with Crippen LogP contribution in [0.5, 0.6) is 0 Å². The lowest BCUT2D eigenvalue weighted by Gasteiger charge is -2.11. The molecule has 0 aliphatic carbocycles. The average molecular weight is 382 g/mol. The quantitative estimate of drug-likeness (QED) is 0.538. The van der Waals surface area contributed by atoms with Crippen LogP contribution < -0.4 is 0 Å². The van der Waals surface area contributed by atoms with Crippen LogP contribution in [0.4, 0.5) is 0 Å². The van der Waals surface area contributed by atoms with E-state index in [1.165, 1.54) is 0 Å². The Hall–Kier alpha value is -1.29. The van der Waals surface area contributed by atoms with Crippen LogP contribution in [0.25, 0.3) is 17.1 Å². The van der Waals surface area contributed by atoms with E-state index in [9.17, 15) is 0 Å². The SMILES string of the molecule is Cc1cnc(-c2ccc(Cl)cc2Cl)n1-c1ccc(Br)cc1. The van der Waals surface area contributed by atoms with E-state index in [-0.39, 0.29) is 0 Å². The van der Waals surface area contributed by atoms with Gasteiger partial charge in [-0.25, -0.2) is 4.98 Å². The number of aryl methyl sites for hydroxylation is 1. The van der Waals surface area contributed by atoms with Gasteiger partial charge in [-0.15, -0.1) is 0 Å². The molecule has 0 atom stereocenters. The fourth-order valence-corrected chi connectivity index (χ4v) is 2.97. The van der Waals surface area contributed by atoms with Gasteiger partial charge < -0.3 is 0 Å². The lowest BCUT2D eigenvalue weighted by molar-refractivity contribution is 1.01. The van der Waals surface area contributed by atoms with E-state index in [1.54, 1.807) is 6.07 Å². The second kappa shape index (κ2) is 5.84.